The second-order valence-electron chi connectivity index (χ2n) is 1.77. The van der Waals surface area contributed by atoms with E-state index in [1.807, 2.05) is 6.92 Å². The molecule has 9 heavy (non-hydrogen) atoms. The summed E-state index contributed by atoms with van der Waals surface area (Å²) >= 11 is 5.70. The highest BCUT2D eigenvalue weighted by molar-refractivity contribution is 6.46. The van der Waals surface area contributed by atoms with Crippen molar-refractivity contribution in [2.24, 2.45) is 0 Å². The summed E-state index contributed by atoms with van der Waals surface area (Å²) in [5, 5.41) is 0.152. The van der Waals surface area contributed by atoms with Gasteiger partial charge in [-0.1, -0.05) is 0 Å². The van der Waals surface area contributed by atoms with Crippen molar-refractivity contribution < 1.29 is 8.85 Å². The van der Waals surface area contributed by atoms with E-state index in [0.29, 0.717) is 0 Å². The maximum atomic E-state index is 5.70. The number of hydrogen-bond donors (Lipinski definition) is 0. The van der Waals surface area contributed by atoms with Gasteiger partial charge in [0.15, 0.2) is 0 Å². The molecule has 0 saturated carbocycles. The lowest BCUT2D eigenvalue weighted by atomic mass is 10.6. The minimum Gasteiger partial charge on any atom is -0.397 e. The quantitative estimate of drug-likeness (QED) is 0.466. The monoisotopic (exact) mass is 167 g/mol. The van der Waals surface area contributed by atoms with Crippen molar-refractivity contribution in [3.63, 3.8) is 0 Å². The minimum absolute atomic E-state index is 0.152. The second kappa shape index (κ2) is 5.23. The Morgan fingerprint density at radius 3 is 2.00 bits per heavy atom. The fourth-order valence-electron chi connectivity index (χ4n) is 0.480. The summed E-state index contributed by atoms with van der Waals surface area (Å²) < 4.78 is 10.0. The molecular weight excluding hydrogens is 156 g/mol. The topological polar surface area (TPSA) is 18.5 Å². The van der Waals surface area contributed by atoms with E-state index in [9.17, 15) is 0 Å². The summed E-state index contributed by atoms with van der Waals surface area (Å²) in [5.74, 6) is 0. The van der Waals surface area contributed by atoms with Crippen molar-refractivity contribution in [3.8, 4) is 0 Å². The summed E-state index contributed by atoms with van der Waals surface area (Å²) in [7, 11) is 2.24. The zero-order chi connectivity index (χ0) is 7.28. The molecule has 4 heteroatoms. The maximum Gasteiger partial charge on any atom is 0.385 e. The van der Waals surface area contributed by atoms with Gasteiger partial charge >= 0.3 is 9.28 Å². The number of halogens is 1. The molecular formula is C5H12ClO2Si. The van der Waals surface area contributed by atoms with Gasteiger partial charge in [0.1, 0.15) is 0 Å². The molecule has 1 atom stereocenters. The Bertz CT molecular complexity index is 66.0. The van der Waals surface area contributed by atoms with Gasteiger partial charge in [0.25, 0.3) is 0 Å². The van der Waals surface area contributed by atoms with Crippen LogP contribution in [-0.2, 0) is 8.85 Å². The number of rotatable bonds is 4. The number of hydrogen-bond acceptors (Lipinski definition) is 2. The van der Waals surface area contributed by atoms with Crippen molar-refractivity contribution in [1.82, 2.24) is 0 Å². The fourth-order valence-corrected chi connectivity index (χ4v) is 1.82. The molecule has 1 unspecified atom stereocenters. The van der Waals surface area contributed by atoms with Crippen LogP contribution in [0, 0.1) is 0 Å². The van der Waals surface area contributed by atoms with Gasteiger partial charge in [0, 0.05) is 25.6 Å². The molecule has 0 aliphatic rings. The summed E-state index contributed by atoms with van der Waals surface area (Å²) in [6.07, 6.45) is 0. The molecule has 0 aliphatic carbocycles. The first-order valence-corrected chi connectivity index (χ1v) is 4.74. The van der Waals surface area contributed by atoms with Gasteiger partial charge < -0.3 is 8.85 Å². The SMILES string of the molecule is CO[Si](CC(C)Cl)OC. The van der Waals surface area contributed by atoms with E-state index in [2.05, 4.69) is 0 Å². The van der Waals surface area contributed by atoms with Crippen LogP contribution in [-0.4, -0.2) is 28.9 Å². The number of alkyl halides is 1. The highest BCUT2D eigenvalue weighted by Gasteiger charge is 2.14. The standard InChI is InChI=1S/C5H12ClO2Si/c1-5(6)4-9(7-2)8-3/h5H,4H2,1-3H3. The summed E-state index contributed by atoms with van der Waals surface area (Å²) in [6, 6.07) is 0.833. The lowest BCUT2D eigenvalue weighted by molar-refractivity contribution is 0.277. The van der Waals surface area contributed by atoms with Gasteiger partial charge in [-0.2, -0.15) is 0 Å². The highest BCUT2D eigenvalue weighted by Crippen LogP contribution is 2.05. The van der Waals surface area contributed by atoms with Crippen LogP contribution in [0.1, 0.15) is 6.92 Å². The first-order chi connectivity index (χ1) is 4.20. The Kier molecular flexibility index (Phi) is 5.48. The molecule has 0 rings (SSSR count). The minimum atomic E-state index is -1.05. The van der Waals surface area contributed by atoms with Crippen molar-refractivity contribution >= 4 is 20.9 Å². The molecule has 0 aromatic heterocycles. The van der Waals surface area contributed by atoms with E-state index >= 15 is 0 Å². The van der Waals surface area contributed by atoms with Gasteiger partial charge in [0.05, 0.1) is 0 Å². The molecule has 0 spiro atoms. The van der Waals surface area contributed by atoms with Crippen LogP contribution in [0.25, 0.3) is 0 Å². The molecule has 0 amide bonds. The van der Waals surface area contributed by atoms with Crippen molar-refractivity contribution in [3.05, 3.63) is 0 Å². The van der Waals surface area contributed by atoms with Crippen LogP contribution in [0.4, 0.5) is 0 Å². The predicted octanol–water partition coefficient (Wildman–Crippen LogP) is 1.39. The maximum absolute atomic E-state index is 5.70. The third kappa shape index (κ3) is 4.90. The van der Waals surface area contributed by atoms with E-state index in [0.717, 1.165) is 6.04 Å². The Labute approximate surface area is 63.0 Å². The van der Waals surface area contributed by atoms with E-state index in [4.69, 9.17) is 20.5 Å². The first kappa shape index (κ1) is 9.43. The molecule has 55 valence electrons. The smallest absolute Gasteiger partial charge is 0.385 e. The molecule has 0 saturated heterocycles. The van der Waals surface area contributed by atoms with Crippen molar-refractivity contribution in [2.75, 3.05) is 14.2 Å². The van der Waals surface area contributed by atoms with Crippen LogP contribution in [0.2, 0.25) is 6.04 Å². The van der Waals surface area contributed by atoms with E-state index < -0.39 is 9.28 Å². The molecule has 0 aromatic rings. The lowest BCUT2D eigenvalue weighted by Crippen LogP contribution is -2.21. The molecule has 0 N–H and O–H groups in total. The molecule has 1 radical (unpaired) electrons. The first-order valence-electron chi connectivity index (χ1n) is 2.78. The Morgan fingerprint density at radius 2 is 1.89 bits per heavy atom. The van der Waals surface area contributed by atoms with Gasteiger partial charge in [0.2, 0.25) is 0 Å². The predicted molar refractivity (Wildman–Crippen MR) is 39.9 cm³/mol. The average molecular weight is 168 g/mol. The zero-order valence-corrected chi connectivity index (χ0v) is 7.73. The van der Waals surface area contributed by atoms with Gasteiger partial charge in [-0.3, -0.25) is 0 Å². The summed E-state index contributed by atoms with van der Waals surface area (Å²) in [5.41, 5.74) is 0. The third-order valence-electron chi connectivity index (χ3n) is 0.903. The molecule has 2 nitrogen and oxygen atoms in total. The third-order valence-corrected chi connectivity index (χ3v) is 3.17. The van der Waals surface area contributed by atoms with Gasteiger partial charge in [-0.25, -0.2) is 0 Å². The lowest BCUT2D eigenvalue weighted by Gasteiger charge is -2.09. The Hall–Kier alpha value is 0.427. The molecule has 0 aromatic carbocycles. The van der Waals surface area contributed by atoms with E-state index in [1.54, 1.807) is 14.2 Å². The molecule has 0 fully saturated rings. The van der Waals surface area contributed by atoms with E-state index in [-0.39, 0.29) is 5.38 Å². The van der Waals surface area contributed by atoms with Crippen LogP contribution < -0.4 is 0 Å². The molecule has 0 bridgehead atoms. The van der Waals surface area contributed by atoms with Gasteiger partial charge in [-0.15, -0.1) is 11.6 Å². The summed E-state index contributed by atoms with van der Waals surface area (Å²) in [4.78, 5) is 0. The van der Waals surface area contributed by atoms with Crippen LogP contribution in [0.5, 0.6) is 0 Å². The summed E-state index contributed by atoms with van der Waals surface area (Å²) in [6.45, 7) is 1.93. The normalized spacial score (nSPS) is 14.3. The van der Waals surface area contributed by atoms with E-state index in [1.165, 1.54) is 0 Å². The zero-order valence-electron chi connectivity index (χ0n) is 5.98. The highest BCUT2D eigenvalue weighted by atomic mass is 35.5. The van der Waals surface area contributed by atoms with Gasteiger partial charge in [-0.05, 0) is 6.92 Å². The largest absolute Gasteiger partial charge is 0.397 e. The Morgan fingerprint density at radius 1 is 1.44 bits per heavy atom. The average Bonchev–Trinajstić information content (AvgIpc) is 1.82. The molecule has 0 heterocycles. The Balaban J connectivity index is 3.31. The van der Waals surface area contributed by atoms with Crippen molar-refractivity contribution in [1.29, 1.82) is 0 Å². The molecule has 0 aliphatic heterocycles. The fraction of sp³-hybridized carbons (Fsp3) is 1.00. The van der Waals surface area contributed by atoms with Crippen molar-refractivity contribution in [2.45, 2.75) is 18.3 Å². The van der Waals surface area contributed by atoms with Crippen LogP contribution in [0.3, 0.4) is 0 Å². The second-order valence-corrected chi connectivity index (χ2v) is 4.48. The van der Waals surface area contributed by atoms with Crippen LogP contribution >= 0.6 is 11.6 Å². The van der Waals surface area contributed by atoms with Crippen LogP contribution in [0.15, 0.2) is 0 Å².